The normalized spacial score (nSPS) is 20.8. The zero-order chi connectivity index (χ0) is 22.3. The van der Waals surface area contributed by atoms with Gasteiger partial charge in [0, 0.05) is 25.9 Å². The van der Waals surface area contributed by atoms with Crippen molar-refractivity contribution in [3.8, 4) is 11.5 Å². The number of para-hydroxylation sites is 1. The molecule has 4 rings (SSSR count). The van der Waals surface area contributed by atoms with Gasteiger partial charge in [-0.05, 0) is 36.2 Å². The Morgan fingerprint density at radius 2 is 1.72 bits per heavy atom. The van der Waals surface area contributed by atoms with Crippen molar-refractivity contribution in [2.45, 2.75) is 31.4 Å². The van der Waals surface area contributed by atoms with Crippen molar-refractivity contribution < 1.29 is 23.8 Å². The number of aryl methyl sites for hydroxylation is 1. The van der Waals surface area contributed by atoms with Gasteiger partial charge in [-0.1, -0.05) is 30.3 Å². The van der Waals surface area contributed by atoms with Gasteiger partial charge in [0.2, 0.25) is 11.8 Å². The molecule has 2 amide bonds. The first kappa shape index (κ1) is 22.1. The molecule has 0 saturated carbocycles. The molecule has 2 aromatic carbocycles. The average molecular weight is 439 g/mol. The monoisotopic (exact) mass is 438 g/mol. The molecule has 2 fully saturated rings. The van der Waals surface area contributed by atoms with Gasteiger partial charge in [-0.25, -0.2) is 0 Å². The van der Waals surface area contributed by atoms with Crippen LogP contribution in [0.5, 0.6) is 11.5 Å². The van der Waals surface area contributed by atoms with Crippen molar-refractivity contribution in [3.05, 3.63) is 60.2 Å². The molecule has 2 aromatic rings. The van der Waals surface area contributed by atoms with Crippen molar-refractivity contribution in [2.75, 3.05) is 40.0 Å². The third-order valence-electron chi connectivity index (χ3n) is 6.02. The van der Waals surface area contributed by atoms with E-state index in [1.165, 1.54) is 0 Å². The van der Waals surface area contributed by atoms with Crippen LogP contribution >= 0.6 is 0 Å². The van der Waals surface area contributed by atoms with Crippen LogP contribution in [0.25, 0.3) is 0 Å². The molecule has 2 heterocycles. The van der Waals surface area contributed by atoms with Crippen LogP contribution in [-0.2, 0) is 20.7 Å². The number of carbonyl (C=O) groups is 2. The Bertz CT molecular complexity index is 896. The van der Waals surface area contributed by atoms with E-state index in [2.05, 4.69) is 0 Å². The summed E-state index contributed by atoms with van der Waals surface area (Å²) in [6, 6.07) is 16.8. The Labute approximate surface area is 188 Å². The smallest absolute Gasteiger partial charge is 0.245 e. The van der Waals surface area contributed by atoms with E-state index in [-0.39, 0.29) is 17.9 Å². The van der Waals surface area contributed by atoms with Gasteiger partial charge in [0.25, 0.3) is 0 Å². The second-order valence-corrected chi connectivity index (χ2v) is 8.14. The van der Waals surface area contributed by atoms with Crippen LogP contribution in [0, 0.1) is 0 Å². The van der Waals surface area contributed by atoms with E-state index in [0.717, 1.165) is 17.1 Å². The number of rotatable bonds is 7. The van der Waals surface area contributed by atoms with Crippen molar-refractivity contribution >= 4 is 11.8 Å². The van der Waals surface area contributed by atoms with Gasteiger partial charge in [0.05, 0.1) is 26.9 Å². The number of amides is 2. The molecule has 0 aromatic heterocycles. The van der Waals surface area contributed by atoms with Gasteiger partial charge in [-0.2, -0.15) is 0 Å². The van der Waals surface area contributed by atoms with Crippen LogP contribution in [0.2, 0.25) is 0 Å². The Morgan fingerprint density at radius 3 is 2.41 bits per heavy atom. The molecule has 2 aliphatic rings. The average Bonchev–Trinajstić information content (AvgIpc) is 3.27. The van der Waals surface area contributed by atoms with E-state index in [1.807, 2.05) is 59.5 Å². The highest BCUT2D eigenvalue weighted by molar-refractivity contribution is 5.88. The minimum Gasteiger partial charge on any atom is -0.497 e. The van der Waals surface area contributed by atoms with E-state index in [9.17, 15) is 9.59 Å². The third kappa shape index (κ3) is 5.40. The minimum atomic E-state index is -0.495. The van der Waals surface area contributed by atoms with E-state index in [1.54, 1.807) is 12.0 Å². The summed E-state index contributed by atoms with van der Waals surface area (Å²) in [7, 11) is 1.63. The topological polar surface area (TPSA) is 68.3 Å². The molecule has 0 radical (unpaired) electrons. The Balaban J connectivity index is 1.43. The molecule has 0 N–H and O–H groups in total. The third-order valence-corrected chi connectivity index (χ3v) is 6.02. The molecule has 2 aliphatic heterocycles. The summed E-state index contributed by atoms with van der Waals surface area (Å²) in [5.41, 5.74) is 1.06. The van der Waals surface area contributed by atoms with E-state index >= 15 is 0 Å². The first-order chi connectivity index (χ1) is 15.6. The first-order valence-electron chi connectivity index (χ1n) is 11.1. The lowest BCUT2D eigenvalue weighted by molar-refractivity contribution is -0.146. The lowest BCUT2D eigenvalue weighted by Gasteiger charge is -2.32. The quantitative estimate of drug-likeness (QED) is 0.665. The maximum Gasteiger partial charge on any atom is 0.245 e. The molecule has 2 saturated heterocycles. The number of nitrogens with zero attached hydrogens (tertiary/aromatic N) is 2. The summed E-state index contributed by atoms with van der Waals surface area (Å²) in [5, 5.41) is 0. The highest BCUT2D eigenvalue weighted by Crippen LogP contribution is 2.26. The summed E-state index contributed by atoms with van der Waals surface area (Å²) in [4.78, 5) is 30.0. The van der Waals surface area contributed by atoms with Gasteiger partial charge < -0.3 is 24.0 Å². The van der Waals surface area contributed by atoms with E-state index in [0.29, 0.717) is 52.1 Å². The van der Waals surface area contributed by atoms with Gasteiger partial charge in [0.1, 0.15) is 23.6 Å². The number of carbonyl (C=O) groups excluding carboxylic acids is 2. The van der Waals surface area contributed by atoms with Crippen LogP contribution in [0.4, 0.5) is 0 Å². The number of ether oxygens (including phenoxy) is 3. The molecule has 32 heavy (non-hydrogen) atoms. The SMILES string of the molecule is COc1ccc(CCC(=O)N2CC(Oc3ccccc3)CC2C(=O)N2CCOCC2)cc1. The highest BCUT2D eigenvalue weighted by atomic mass is 16.5. The molecule has 0 aliphatic carbocycles. The molecular formula is C25H30N2O5. The number of methoxy groups -OCH3 is 1. The van der Waals surface area contributed by atoms with E-state index in [4.69, 9.17) is 14.2 Å². The van der Waals surface area contributed by atoms with Crippen molar-refractivity contribution in [2.24, 2.45) is 0 Å². The zero-order valence-electron chi connectivity index (χ0n) is 18.4. The highest BCUT2D eigenvalue weighted by Gasteiger charge is 2.42. The Morgan fingerprint density at radius 1 is 1.00 bits per heavy atom. The number of morpholine rings is 1. The van der Waals surface area contributed by atoms with Crippen molar-refractivity contribution in [1.29, 1.82) is 0 Å². The van der Waals surface area contributed by atoms with Crippen molar-refractivity contribution in [3.63, 3.8) is 0 Å². The Hall–Kier alpha value is -3.06. The van der Waals surface area contributed by atoms with Gasteiger partial charge >= 0.3 is 0 Å². The summed E-state index contributed by atoms with van der Waals surface area (Å²) < 4.78 is 16.7. The number of hydrogen-bond acceptors (Lipinski definition) is 5. The molecule has 0 bridgehead atoms. The predicted octanol–water partition coefficient (Wildman–Crippen LogP) is 2.54. The van der Waals surface area contributed by atoms with Crippen LogP contribution in [0.1, 0.15) is 18.4 Å². The van der Waals surface area contributed by atoms with Crippen LogP contribution in [0.3, 0.4) is 0 Å². The number of likely N-dealkylation sites (tertiary alicyclic amines) is 1. The second kappa shape index (κ2) is 10.5. The summed E-state index contributed by atoms with van der Waals surface area (Å²) >= 11 is 0. The molecule has 7 nitrogen and oxygen atoms in total. The van der Waals surface area contributed by atoms with Crippen LogP contribution in [-0.4, -0.2) is 73.7 Å². The minimum absolute atomic E-state index is 0.00902. The fraction of sp³-hybridized carbons (Fsp3) is 0.440. The predicted molar refractivity (Wildman–Crippen MR) is 120 cm³/mol. The maximum atomic E-state index is 13.3. The molecule has 170 valence electrons. The summed E-state index contributed by atoms with van der Waals surface area (Å²) in [6.45, 7) is 2.61. The summed E-state index contributed by atoms with van der Waals surface area (Å²) in [5.74, 6) is 1.51. The lowest BCUT2D eigenvalue weighted by atomic mass is 10.1. The fourth-order valence-corrected chi connectivity index (χ4v) is 4.27. The molecule has 2 unspecified atom stereocenters. The first-order valence-corrected chi connectivity index (χ1v) is 11.1. The number of hydrogen-bond donors (Lipinski definition) is 0. The zero-order valence-corrected chi connectivity index (χ0v) is 18.4. The fourth-order valence-electron chi connectivity index (χ4n) is 4.27. The lowest BCUT2D eigenvalue weighted by Crippen LogP contribution is -2.51. The van der Waals surface area contributed by atoms with E-state index < -0.39 is 6.04 Å². The molecular weight excluding hydrogens is 408 g/mol. The van der Waals surface area contributed by atoms with Gasteiger partial charge in [0.15, 0.2) is 0 Å². The standard InChI is InChI=1S/C25H30N2O5/c1-30-20-10-7-19(8-11-20)9-12-24(28)27-18-22(32-21-5-3-2-4-6-21)17-23(27)25(29)26-13-15-31-16-14-26/h2-8,10-11,22-23H,9,12-18H2,1H3. The molecule has 0 spiro atoms. The largest absolute Gasteiger partial charge is 0.497 e. The molecule has 2 atom stereocenters. The Kier molecular flexibility index (Phi) is 7.27. The van der Waals surface area contributed by atoms with Crippen LogP contribution < -0.4 is 9.47 Å². The molecule has 7 heteroatoms. The van der Waals surface area contributed by atoms with Crippen molar-refractivity contribution in [1.82, 2.24) is 9.80 Å². The number of benzene rings is 2. The summed E-state index contributed by atoms with van der Waals surface area (Å²) in [6.07, 6.45) is 1.25. The second-order valence-electron chi connectivity index (χ2n) is 8.14. The van der Waals surface area contributed by atoms with Gasteiger partial charge in [-0.15, -0.1) is 0 Å². The van der Waals surface area contributed by atoms with Gasteiger partial charge in [-0.3, -0.25) is 9.59 Å². The maximum absolute atomic E-state index is 13.3. The van der Waals surface area contributed by atoms with Crippen LogP contribution in [0.15, 0.2) is 54.6 Å².